The number of thiophene rings is 2. The van der Waals surface area contributed by atoms with Crippen LogP contribution in [0.4, 0.5) is 0 Å². The lowest BCUT2D eigenvalue weighted by Gasteiger charge is -2.26. The van der Waals surface area contributed by atoms with Gasteiger partial charge in [0.2, 0.25) is 0 Å². The normalized spacial score (nSPS) is 15.3. The Bertz CT molecular complexity index is 699. The van der Waals surface area contributed by atoms with E-state index in [4.69, 9.17) is 4.74 Å². The number of carbonyl (C=O) groups is 2. The Kier molecular flexibility index (Phi) is 5.82. The monoisotopic (exact) mass is 361 g/mol. The van der Waals surface area contributed by atoms with Crippen molar-refractivity contribution in [3.05, 3.63) is 44.8 Å². The van der Waals surface area contributed by atoms with Crippen molar-refractivity contribution in [1.82, 2.24) is 4.90 Å². The zero-order valence-corrected chi connectivity index (χ0v) is 14.9. The average Bonchev–Trinajstić information content (AvgIpc) is 3.31. The molecule has 0 spiro atoms. The van der Waals surface area contributed by atoms with Crippen molar-refractivity contribution in [2.24, 2.45) is 0 Å². The van der Waals surface area contributed by atoms with Crippen molar-refractivity contribution in [1.29, 1.82) is 0 Å². The highest BCUT2D eigenvalue weighted by Crippen LogP contribution is 2.25. The first-order chi connectivity index (χ1) is 11.7. The summed E-state index contributed by atoms with van der Waals surface area (Å²) in [6.07, 6.45) is 5.04. The quantitative estimate of drug-likeness (QED) is 0.599. The first kappa shape index (κ1) is 16.9. The van der Waals surface area contributed by atoms with Gasteiger partial charge in [-0.25, -0.2) is 4.79 Å². The molecule has 0 aromatic carbocycles. The molecule has 1 saturated heterocycles. The summed E-state index contributed by atoms with van der Waals surface area (Å²) in [5.41, 5.74) is 0.499. The number of piperidine rings is 1. The van der Waals surface area contributed by atoms with Crippen molar-refractivity contribution < 1.29 is 14.3 Å². The fourth-order valence-electron chi connectivity index (χ4n) is 2.62. The van der Waals surface area contributed by atoms with E-state index in [1.54, 1.807) is 16.2 Å². The van der Waals surface area contributed by atoms with Crippen molar-refractivity contribution in [2.45, 2.75) is 19.3 Å². The molecular weight excluding hydrogens is 342 g/mol. The highest BCUT2D eigenvalue weighted by atomic mass is 32.1. The lowest BCUT2D eigenvalue weighted by atomic mass is 10.1. The van der Waals surface area contributed by atoms with Gasteiger partial charge in [0.15, 0.2) is 6.61 Å². The van der Waals surface area contributed by atoms with E-state index in [1.165, 1.54) is 11.3 Å². The number of amides is 1. The highest BCUT2D eigenvalue weighted by Gasteiger charge is 2.20. The third-order valence-electron chi connectivity index (χ3n) is 3.87. The Morgan fingerprint density at radius 2 is 1.83 bits per heavy atom. The van der Waals surface area contributed by atoms with E-state index in [1.807, 2.05) is 41.1 Å². The fourth-order valence-corrected chi connectivity index (χ4v) is 4.01. The Morgan fingerprint density at radius 3 is 2.50 bits per heavy atom. The molecule has 1 amide bonds. The summed E-state index contributed by atoms with van der Waals surface area (Å²) in [5.74, 6) is -0.555. The first-order valence-corrected chi connectivity index (χ1v) is 9.74. The SMILES string of the molecule is O=C(OCC(=O)N1CCCCC1)/C(=C/c1cccs1)c1cccs1. The van der Waals surface area contributed by atoms with Crippen LogP contribution in [-0.4, -0.2) is 36.5 Å². The third-order valence-corrected chi connectivity index (χ3v) is 5.59. The van der Waals surface area contributed by atoms with Crippen LogP contribution in [0.2, 0.25) is 0 Å². The number of likely N-dealkylation sites (tertiary alicyclic amines) is 1. The molecule has 24 heavy (non-hydrogen) atoms. The van der Waals surface area contributed by atoms with Crippen molar-refractivity contribution in [2.75, 3.05) is 19.7 Å². The molecule has 6 heteroatoms. The van der Waals surface area contributed by atoms with Crippen molar-refractivity contribution >= 4 is 46.2 Å². The zero-order chi connectivity index (χ0) is 16.8. The molecule has 3 rings (SSSR count). The van der Waals surface area contributed by atoms with Gasteiger partial charge in [0, 0.05) is 22.8 Å². The molecule has 4 nitrogen and oxygen atoms in total. The maximum atomic E-state index is 12.5. The predicted molar refractivity (Wildman–Crippen MR) is 97.9 cm³/mol. The summed E-state index contributed by atoms with van der Waals surface area (Å²) < 4.78 is 5.30. The average molecular weight is 361 g/mol. The van der Waals surface area contributed by atoms with Crippen LogP contribution in [0.25, 0.3) is 11.6 Å². The molecule has 1 fully saturated rings. The van der Waals surface area contributed by atoms with Gasteiger partial charge in [0.25, 0.3) is 5.91 Å². The third kappa shape index (κ3) is 4.33. The molecule has 0 atom stereocenters. The fraction of sp³-hybridized carbons (Fsp3) is 0.333. The number of rotatable bonds is 5. The van der Waals surface area contributed by atoms with Crippen LogP contribution in [0.15, 0.2) is 35.0 Å². The van der Waals surface area contributed by atoms with Crippen LogP contribution < -0.4 is 0 Å². The van der Waals surface area contributed by atoms with Gasteiger partial charge < -0.3 is 9.64 Å². The van der Waals surface area contributed by atoms with E-state index in [0.717, 1.165) is 42.1 Å². The lowest BCUT2D eigenvalue weighted by molar-refractivity contribution is -0.147. The minimum atomic E-state index is -0.448. The zero-order valence-electron chi connectivity index (χ0n) is 13.3. The Morgan fingerprint density at radius 1 is 1.08 bits per heavy atom. The summed E-state index contributed by atoms with van der Waals surface area (Å²) in [6, 6.07) is 7.67. The van der Waals surface area contributed by atoms with E-state index in [2.05, 4.69) is 0 Å². The van der Waals surface area contributed by atoms with Gasteiger partial charge >= 0.3 is 5.97 Å². The maximum absolute atomic E-state index is 12.5. The molecule has 1 aliphatic heterocycles. The molecule has 0 aliphatic carbocycles. The van der Waals surface area contributed by atoms with Crippen LogP contribution >= 0.6 is 22.7 Å². The van der Waals surface area contributed by atoms with Crippen LogP contribution in [0.5, 0.6) is 0 Å². The van der Waals surface area contributed by atoms with Crippen LogP contribution in [0.3, 0.4) is 0 Å². The number of esters is 1. The van der Waals surface area contributed by atoms with Gasteiger partial charge in [0.05, 0.1) is 5.57 Å². The van der Waals surface area contributed by atoms with Crippen molar-refractivity contribution in [3.63, 3.8) is 0 Å². The molecule has 0 radical (unpaired) electrons. The summed E-state index contributed by atoms with van der Waals surface area (Å²) in [7, 11) is 0. The van der Waals surface area contributed by atoms with Gasteiger partial charge in [0.1, 0.15) is 0 Å². The van der Waals surface area contributed by atoms with E-state index in [9.17, 15) is 9.59 Å². The summed E-state index contributed by atoms with van der Waals surface area (Å²) in [5, 5.41) is 3.88. The number of ether oxygens (including phenoxy) is 1. The molecule has 0 saturated carbocycles. The van der Waals surface area contributed by atoms with E-state index in [-0.39, 0.29) is 12.5 Å². The summed E-state index contributed by atoms with van der Waals surface area (Å²) >= 11 is 3.04. The van der Waals surface area contributed by atoms with Gasteiger partial charge in [-0.05, 0) is 48.2 Å². The molecule has 2 aromatic rings. The number of hydrogen-bond acceptors (Lipinski definition) is 5. The van der Waals surface area contributed by atoms with Crippen LogP contribution in [0, 0.1) is 0 Å². The minimum absolute atomic E-state index is 0.107. The Labute approximate surface area is 149 Å². The number of nitrogens with zero attached hydrogens (tertiary/aromatic N) is 1. The Balaban J connectivity index is 1.67. The molecule has 0 bridgehead atoms. The second-order valence-corrected chi connectivity index (χ2v) is 7.50. The van der Waals surface area contributed by atoms with Gasteiger partial charge in [-0.2, -0.15) is 0 Å². The molecule has 0 unspecified atom stereocenters. The molecule has 126 valence electrons. The van der Waals surface area contributed by atoms with Crippen molar-refractivity contribution in [3.8, 4) is 0 Å². The smallest absolute Gasteiger partial charge is 0.340 e. The molecule has 1 aliphatic rings. The lowest BCUT2D eigenvalue weighted by Crippen LogP contribution is -2.38. The topological polar surface area (TPSA) is 46.6 Å². The van der Waals surface area contributed by atoms with Gasteiger partial charge in [-0.1, -0.05) is 12.1 Å². The molecule has 2 aromatic heterocycles. The van der Waals surface area contributed by atoms with Gasteiger partial charge in [-0.15, -0.1) is 22.7 Å². The largest absolute Gasteiger partial charge is 0.452 e. The molecule has 0 N–H and O–H groups in total. The standard InChI is InChI=1S/C18H19NO3S2/c20-17(19-8-2-1-3-9-19)13-22-18(21)15(16-7-5-11-24-16)12-14-6-4-10-23-14/h4-7,10-12H,1-3,8-9,13H2/b15-12+. The van der Waals surface area contributed by atoms with E-state index < -0.39 is 5.97 Å². The van der Waals surface area contributed by atoms with E-state index >= 15 is 0 Å². The second-order valence-electron chi connectivity index (χ2n) is 5.57. The number of carbonyl (C=O) groups excluding carboxylic acids is 2. The number of hydrogen-bond donors (Lipinski definition) is 0. The minimum Gasteiger partial charge on any atom is -0.452 e. The van der Waals surface area contributed by atoms with E-state index in [0.29, 0.717) is 5.57 Å². The van der Waals surface area contributed by atoms with Crippen LogP contribution in [0.1, 0.15) is 29.0 Å². The van der Waals surface area contributed by atoms with Crippen LogP contribution in [-0.2, 0) is 14.3 Å². The first-order valence-electron chi connectivity index (χ1n) is 7.98. The maximum Gasteiger partial charge on any atom is 0.340 e. The summed E-state index contributed by atoms with van der Waals surface area (Å²) in [6.45, 7) is 1.34. The summed E-state index contributed by atoms with van der Waals surface area (Å²) in [4.78, 5) is 28.3. The Hall–Kier alpha value is -1.92. The highest BCUT2D eigenvalue weighted by molar-refractivity contribution is 7.12. The van der Waals surface area contributed by atoms with Gasteiger partial charge in [-0.3, -0.25) is 4.79 Å². The predicted octanol–water partition coefficient (Wildman–Crippen LogP) is 3.91. The second kappa shape index (κ2) is 8.26. The molecular formula is C18H19NO3S2. The molecule has 3 heterocycles.